The Balaban J connectivity index is 1.58. The van der Waals surface area contributed by atoms with E-state index >= 15 is 0 Å². The average molecular weight is 505 g/mol. The van der Waals surface area contributed by atoms with E-state index in [-0.39, 0.29) is 22.6 Å². The normalized spacial score (nSPS) is 18.4. The monoisotopic (exact) mass is 504 g/mol. The number of H-pyrrole nitrogens is 1. The summed E-state index contributed by atoms with van der Waals surface area (Å²) in [5.74, 6) is 0.0584. The molecule has 186 valence electrons. The number of aromatic amines is 1. The summed E-state index contributed by atoms with van der Waals surface area (Å²) in [6, 6.07) is 14.5. The highest BCUT2D eigenvalue weighted by Crippen LogP contribution is 2.47. The van der Waals surface area contributed by atoms with Crippen LogP contribution in [-0.4, -0.2) is 29.8 Å². The molecule has 1 aliphatic heterocycles. The van der Waals surface area contributed by atoms with Crippen LogP contribution in [0, 0.1) is 11.2 Å². The van der Waals surface area contributed by atoms with Crippen molar-refractivity contribution < 1.29 is 9.18 Å². The molecule has 2 aliphatic rings. The molecule has 0 saturated heterocycles. The molecule has 6 nitrogen and oxygen atoms in total. The van der Waals surface area contributed by atoms with Crippen LogP contribution in [0.2, 0.25) is 0 Å². The molecular weight excluding hydrogens is 475 g/mol. The van der Waals surface area contributed by atoms with Crippen LogP contribution in [0.1, 0.15) is 49.3 Å². The number of thioether (sulfide) groups is 1. The van der Waals surface area contributed by atoms with E-state index in [9.17, 15) is 14.0 Å². The van der Waals surface area contributed by atoms with Crippen molar-refractivity contribution in [2.75, 3.05) is 24.3 Å². The van der Waals surface area contributed by atoms with E-state index in [1.165, 1.54) is 17.8 Å². The van der Waals surface area contributed by atoms with Crippen molar-refractivity contribution in [3.8, 4) is 0 Å². The van der Waals surface area contributed by atoms with Gasteiger partial charge in [-0.25, -0.2) is 9.37 Å². The first-order chi connectivity index (χ1) is 17.1. The molecule has 2 N–H and O–H groups in total. The van der Waals surface area contributed by atoms with E-state index in [2.05, 4.69) is 24.1 Å². The number of nitrogens with zero attached hydrogens (tertiary/aromatic N) is 2. The highest BCUT2D eigenvalue weighted by molar-refractivity contribution is 7.98. The standard InChI is InChI=1S/C28H29FN4O2S/c1-28(2)13-20-23(21(34)14-28)22(16-9-11-18(12-10-16)33(3)4)24-25(30-20)31-27(32-26(24)35)36-15-17-7-5-6-8-19(17)29/h5-12,22H,13-15H2,1-4H3,(H2,30,31,32,35). The molecule has 0 saturated carbocycles. The van der Waals surface area contributed by atoms with Gasteiger partial charge in [-0.1, -0.05) is 55.9 Å². The largest absolute Gasteiger partial charge is 0.378 e. The third kappa shape index (κ3) is 4.57. The van der Waals surface area contributed by atoms with Crippen LogP contribution in [0.25, 0.3) is 0 Å². The summed E-state index contributed by atoms with van der Waals surface area (Å²) >= 11 is 1.27. The zero-order chi connectivity index (χ0) is 25.6. The lowest BCUT2D eigenvalue weighted by atomic mass is 9.69. The number of halogens is 1. The van der Waals surface area contributed by atoms with Crippen LogP contribution in [0.3, 0.4) is 0 Å². The number of carbonyl (C=O) groups excluding carboxylic acids is 1. The molecule has 0 fully saturated rings. The maximum Gasteiger partial charge on any atom is 0.257 e. The first-order valence-electron chi connectivity index (χ1n) is 11.9. The van der Waals surface area contributed by atoms with Crippen LogP contribution in [0.15, 0.2) is 69.8 Å². The van der Waals surface area contributed by atoms with Crippen molar-refractivity contribution in [2.24, 2.45) is 5.41 Å². The summed E-state index contributed by atoms with van der Waals surface area (Å²) in [5.41, 5.74) is 3.88. The lowest BCUT2D eigenvalue weighted by molar-refractivity contribution is -0.118. The highest BCUT2D eigenvalue weighted by Gasteiger charge is 2.42. The van der Waals surface area contributed by atoms with Crippen molar-refractivity contribution in [1.82, 2.24) is 9.97 Å². The summed E-state index contributed by atoms with van der Waals surface area (Å²) in [6.45, 7) is 4.15. The molecule has 0 spiro atoms. The minimum atomic E-state index is -0.502. The number of fused-ring (bicyclic) bond motifs is 1. The predicted octanol–water partition coefficient (Wildman–Crippen LogP) is 5.47. The van der Waals surface area contributed by atoms with Crippen molar-refractivity contribution in [3.05, 3.63) is 92.7 Å². The maximum atomic E-state index is 14.1. The second-order valence-corrected chi connectivity index (χ2v) is 11.4. The van der Waals surface area contributed by atoms with E-state index in [4.69, 9.17) is 4.98 Å². The summed E-state index contributed by atoms with van der Waals surface area (Å²) in [6.07, 6.45) is 1.11. The second-order valence-electron chi connectivity index (χ2n) is 10.4. The van der Waals surface area contributed by atoms with Gasteiger partial charge >= 0.3 is 0 Å². The van der Waals surface area contributed by atoms with Gasteiger partial charge in [-0.3, -0.25) is 9.59 Å². The molecule has 0 radical (unpaired) electrons. The molecule has 1 atom stereocenters. The molecule has 36 heavy (non-hydrogen) atoms. The van der Waals surface area contributed by atoms with E-state index in [0.29, 0.717) is 46.3 Å². The second kappa shape index (κ2) is 9.24. The Bertz CT molecular complexity index is 1430. The van der Waals surface area contributed by atoms with E-state index in [1.54, 1.807) is 18.2 Å². The third-order valence-electron chi connectivity index (χ3n) is 6.77. The van der Waals surface area contributed by atoms with Gasteiger partial charge in [0.25, 0.3) is 5.56 Å². The Hall–Kier alpha value is -3.39. The molecule has 1 aliphatic carbocycles. The zero-order valence-corrected chi connectivity index (χ0v) is 21.6. The SMILES string of the molecule is CN(C)c1ccc(C2C3=C(CC(C)(C)CC3=O)Nc3nc(SCc4ccccc4F)[nH]c(=O)c32)cc1. The molecule has 8 heteroatoms. The maximum absolute atomic E-state index is 14.1. The van der Waals surface area contributed by atoms with Gasteiger partial charge in [0, 0.05) is 49.1 Å². The Kier molecular flexibility index (Phi) is 6.24. The number of rotatable bonds is 5. The molecule has 0 bridgehead atoms. The summed E-state index contributed by atoms with van der Waals surface area (Å²) < 4.78 is 14.1. The van der Waals surface area contributed by atoms with Gasteiger partial charge < -0.3 is 15.2 Å². The minimum Gasteiger partial charge on any atom is -0.378 e. The lowest BCUT2D eigenvalue weighted by Gasteiger charge is -2.38. The number of hydrogen-bond acceptors (Lipinski definition) is 6. The zero-order valence-electron chi connectivity index (χ0n) is 20.8. The molecule has 5 rings (SSSR count). The molecule has 2 heterocycles. The number of hydrogen-bond donors (Lipinski definition) is 2. The Morgan fingerprint density at radius 3 is 2.50 bits per heavy atom. The van der Waals surface area contributed by atoms with Crippen LogP contribution in [-0.2, 0) is 10.5 Å². The van der Waals surface area contributed by atoms with Crippen molar-refractivity contribution >= 4 is 29.1 Å². The van der Waals surface area contributed by atoms with Gasteiger partial charge in [-0.15, -0.1) is 0 Å². The number of aromatic nitrogens is 2. The number of anilines is 2. The Labute approximate surface area is 214 Å². The summed E-state index contributed by atoms with van der Waals surface area (Å²) in [4.78, 5) is 36.5. The van der Waals surface area contributed by atoms with Crippen molar-refractivity contribution in [1.29, 1.82) is 0 Å². The number of nitrogens with one attached hydrogen (secondary N) is 2. The Morgan fingerprint density at radius 1 is 1.08 bits per heavy atom. The summed E-state index contributed by atoms with van der Waals surface area (Å²) in [7, 11) is 3.94. The van der Waals surface area contributed by atoms with E-state index in [0.717, 1.165) is 16.9 Å². The number of ketones is 1. The Morgan fingerprint density at radius 2 is 1.81 bits per heavy atom. The predicted molar refractivity (Wildman–Crippen MR) is 142 cm³/mol. The fraction of sp³-hybridized carbons (Fsp3) is 0.321. The van der Waals surface area contributed by atoms with Crippen molar-refractivity contribution in [3.63, 3.8) is 0 Å². The smallest absolute Gasteiger partial charge is 0.257 e. The van der Waals surface area contributed by atoms with Crippen LogP contribution in [0.5, 0.6) is 0 Å². The van der Waals surface area contributed by atoms with Gasteiger partial charge in [0.1, 0.15) is 11.6 Å². The summed E-state index contributed by atoms with van der Waals surface area (Å²) in [5, 5.41) is 3.74. The minimum absolute atomic E-state index is 0.0542. The van der Waals surface area contributed by atoms with Gasteiger partial charge in [-0.2, -0.15) is 0 Å². The molecular formula is C28H29FN4O2S. The van der Waals surface area contributed by atoms with Gasteiger partial charge in [0.2, 0.25) is 0 Å². The first kappa shape index (κ1) is 24.3. The van der Waals surface area contributed by atoms with Crippen molar-refractivity contribution in [2.45, 2.75) is 43.5 Å². The molecule has 1 aromatic heterocycles. The molecule has 3 aromatic rings. The number of allylic oxidation sites excluding steroid dienone is 2. The van der Waals surface area contributed by atoms with E-state index < -0.39 is 5.92 Å². The third-order valence-corrected chi connectivity index (χ3v) is 7.69. The number of Topliss-reactive ketones (excluding diaryl/α,β-unsaturated/α-hetero) is 1. The van der Waals surface area contributed by atoms with Crippen LogP contribution in [0.4, 0.5) is 15.9 Å². The lowest BCUT2D eigenvalue weighted by Crippen LogP contribution is -2.37. The van der Waals surface area contributed by atoms with E-state index in [1.807, 2.05) is 43.3 Å². The van der Waals surface area contributed by atoms with Crippen LogP contribution < -0.4 is 15.8 Å². The molecule has 2 aromatic carbocycles. The van der Waals surface area contributed by atoms with Gasteiger partial charge in [0.05, 0.1) is 5.56 Å². The number of carbonyl (C=O) groups is 1. The fourth-order valence-corrected chi connectivity index (χ4v) is 5.87. The van der Waals surface area contributed by atoms with Gasteiger partial charge in [-0.05, 0) is 41.2 Å². The topological polar surface area (TPSA) is 78.1 Å². The van der Waals surface area contributed by atoms with Gasteiger partial charge in [0.15, 0.2) is 10.9 Å². The molecule has 1 unspecified atom stereocenters. The highest BCUT2D eigenvalue weighted by atomic mass is 32.2. The first-order valence-corrected chi connectivity index (χ1v) is 12.9. The molecule has 0 amide bonds. The number of benzene rings is 2. The quantitative estimate of drug-likeness (QED) is 0.355. The fourth-order valence-electron chi connectivity index (χ4n) is 5.02. The van der Waals surface area contributed by atoms with Crippen LogP contribution >= 0.6 is 11.8 Å². The average Bonchev–Trinajstić information content (AvgIpc) is 2.81.